The number of fused-ring (bicyclic) bond motifs is 1. The van der Waals surface area contributed by atoms with Crippen molar-refractivity contribution in [3.8, 4) is 0 Å². The molecule has 0 fully saturated rings. The van der Waals surface area contributed by atoms with Crippen LogP contribution in [0, 0.1) is 0 Å². The SMILES string of the molecule is CCCCn1nnnc1CSC1=Nc2ccccc2CS1. The van der Waals surface area contributed by atoms with E-state index in [0.717, 1.165) is 46.8 Å². The number of tetrazole rings is 1. The van der Waals surface area contributed by atoms with E-state index in [1.54, 1.807) is 23.5 Å². The van der Waals surface area contributed by atoms with Gasteiger partial charge in [-0.3, -0.25) is 0 Å². The first kappa shape index (κ1) is 14.6. The molecule has 0 bridgehead atoms. The van der Waals surface area contributed by atoms with Crippen molar-refractivity contribution in [1.82, 2.24) is 20.2 Å². The number of aryl methyl sites for hydroxylation is 1. The van der Waals surface area contributed by atoms with Crippen molar-refractivity contribution in [2.24, 2.45) is 4.99 Å². The lowest BCUT2D eigenvalue weighted by Gasteiger charge is -2.13. The van der Waals surface area contributed by atoms with Gasteiger partial charge in [-0.15, -0.1) is 5.10 Å². The summed E-state index contributed by atoms with van der Waals surface area (Å²) in [6.07, 6.45) is 2.25. The summed E-state index contributed by atoms with van der Waals surface area (Å²) in [7, 11) is 0. The number of para-hydroxylation sites is 1. The molecule has 2 aromatic rings. The highest BCUT2D eigenvalue weighted by Crippen LogP contribution is 2.35. The molecule has 110 valence electrons. The molecule has 0 aliphatic carbocycles. The highest BCUT2D eigenvalue weighted by Gasteiger charge is 2.14. The van der Waals surface area contributed by atoms with Crippen LogP contribution in [-0.2, 0) is 18.1 Å². The number of nitrogens with zero attached hydrogens (tertiary/aromatic N) is 5. The Morgan fingerprint density at radius 2 is 2.24 bits per heavy atom. The summed E-state index contributed by atoms with van der Waals surface area (Å²) in [6, 6.07) is 8.31. The monoisotopic (exact) mass is 319 g/mol. The molecular formula is C14H17N5S2. The molecule has 5 nitrogen and oxygen atoms in total. The molecular weight excluding hydrogens is 302 g/mol. The first-order valence-electron chi connectivity index (χ1n) is 7.04. The van der Waals surface area contributed by atoms with Crippen molar-refractivity contribution in [3.05, 3.63) is 35.7 Å². The molecule has 0 spiro atoms. The van der Waals surface area contributed by atoms with Crippen molar-refractivity contribution in [3.63, 3.8) is 0 Å². The van der Waals surface area contributed by atoms with Gasteiger partial charge in [-0.25, -0.2) is 9.67 Å². The Balaban J connectivity index is 1.64. The molecule has 7 heteroatoms. The maximum atomic E-state index is 4.70. The number of unbranched alkanes of at least 4 members (excludes halogenated alkanes) is 1. The van der Waals surface area contributed by atoms with Crippen molar-refractivity contribution in [2.45, 2.75) is 37.8 Å². The van der Waals surface area contributed by atoms with Crippen LogP contribution in [0.15, 0.2) is 29.3 Å². The Kier molecular flexibility index (Phi) is 4.92. The number of hydrogen-bond acceptors (Lipinski definition) is 6. The zero-order valence-electron chi connectivity index (χ0n) is 11.9. The van der Waals surface area contributed by atoms with Crippen LogP contribution >= 0.6 is 23.5 Å². The summed E-state index contributed by atoms with van der Waals surface area (Å²) in [5, 5.41) is 11.9. The standard InChI is InChI=1S/C14H17N5S2/c1-2-3-8-19-13(16-17-18-19)10-21-14-15-12-7-5-4-6-11(12)9-20-14/h4-7H,2-3,8-10H2,1H3. The Morgan fingerprint density at radius 1 is 1.33 bits per heavy atom. The van der Waals surface area contributed by atoms with Gasteiger partial charge in [0, 0.05) is 12.3 Å². The minimum Gasteiger partial charge on any atom is -0.235 e. The molecule has 1 aliphatic rings. The van der Waals surface area contributed by atoms with E-state index < -0.39 is 0 Å². The predicted molar refractivity (Wildman–Crippen MR) is 88.9 cm³/mol. The van der Waals surface area contributed by atoms with E-state index in [9.17, 15) is 0 Å². The van der Waals surface area contributed by atoms with Crippen LogP contribution in [0.1, 0.15) is 31.2 Å². The number of benzene rings is 1. The van der Waals surface area contributed by atoms with Crippen molar-refractivity contribution in [1.29, 1.82) is 0 Å². The van der Waals surface area contributed by atoms with Crippen LogP contribution in [0.25, 0.3) is 0 Å². The number of aliphatic imine (C=N–C) groups is 1. The summed E-state index contributed by atoms with van der Waals surface area (Å²) in [5.74, 6) is 2.68. The van der Waals surface area contributed by atoms with Crippen molar-refractivity contribution in [2.75, 3.05) is 0 Å². The number of aromatic nitrogens is 4. The molecule has 2 heterocycles. The van der Waals surface area contributed by atoms with Crippen LogP contribution in [0.4, 0.5) is 5.69 Å². The summed E-state index contributed by atoms with van der Waals surface area (Å²) in [4.78, 5) is 4.70. The molecule has 0 unspecified atom stereocenters. The molecule has 1 aliphatic heterocycles. The van der Waals surface area contributed by atoms with Gasteiger partial charge in [0.15, 0.2) is 5.82 Å². The van der Waals surface area contributed by atoms with Gasteiger partial charge < -0.3 is 0 Å². The van der Waals surface area contributed by atoms with E-state index in [2.05, 4.69) is 40.6 Å². The smallest absolute Gasteiger partial charge is 0.161 e. The molecule has 3 rings (SSSR count). The molecule has 0 amide bonds. The quantitative estimate of drug-likeness (QED) is 0.842. The summed E-state index contributed by atoms with van der Waals surface area (Å²) < 4.78 is 3.00. The molecule has 0 saturated carbocycles. The van der Waals surface area contributed by atoms with Gasteiger partial charge >= 0.3 is 0 Å². The second kappa shape index (κ2) is 7.09. The predicted octanol–water partition coefficient (Wildman–Crippen LogP) is 3.64. The third kappa shape index (κ3) is 3.65. The first-order valence-corrected chi connectivity index (χ1v) is 9.01. The summed E-state index contributed by atoms with van der Waals surface area (Å²) in [5.41, 5.74) is 2.39. The Morgan fingerprint density at radius 3 is 3.14 bits per heavy atom. The van der Waals surface area contributed by atoms with Gasteiger partial charge in [-0.1, -0.05) is 55.1 Å². The van der Waals surface area contributed by atoms with E-state index in [-0.39, 0.29) is 0 Å². The average molecular weight is 319 g/mol. The van der Waals surface area contributed by atoms with E-state index in [1.807, 2.05) is 10.7 Å². The van der Waals surface area contributed by atoms with Crippen LogP contribution in [-0.4, -0.2) is 24.6 Å². The van der Waals surface area contributed by atoms with Crippen LogP contribution in [0.5, 0.6) is 0 Å². The topological polar surface area (TPSA) is 56.0 Å². The molecule has 0 saturated heterocycles. The second-order valence-electron chi connectivity index (χ2n) is 4.76. The number of thioether (sulfide) groups is 2. The fourth-order valence-electron chi connectivity index (χ4n) is 2.02. The average Bonchev–Trinajstić information content (AvgIpc) is 2.98. The highest BCUT2D eigenvalue weighted by molar-refractivity contribution is 8.38. The van der Waals surface area contributed by atoms with Gasteiger partial charge in [-0.05, 0) is 28.5 Å². The fraction of sp³-hybridized carbons (Fsp3) is 0.429. The lowest BCUT2D eigenvalue weighted by molar-refractivity contribution is 0.540. The zero-order chi connectivity index (χ0) is 14.5. The van der Waals surface area contributed by atoms with Gasteiger partial charge in [0.1, 0.15) is 4.38 Å². The molecule has 0 radical (unpaired) electrons. The normalized spacial score (nSPS) is 13.9. The van der Waals surface area contributed by atoms with E-state index in [1.165, 1.54) is 5.56 Å². The Labute approximate surface area is 132 Å². The zero-order valence-corrected chi connectivity index (χ0v) is 13.5. The van der Waals surface area contributed by atoms with Gasteiger partial charge in [0.25, 0.3) is 0 Å². The van der Waals surface area contributed by atoms with Crippen LogP contribution in [0.2, 0.25) is 0 Å². The van der Waals surface area contributed by atoms with E-state index >= 15 is 0 Å². The number of rotatable bonds is 5. The van der Waals surface area contributed by atoms with E-state index in [0.29, 0.717) is 0 Å². The van der Waals surface area contributed by atoms with Gasteiger partial charge in [-0.2, -0.15) is 0 Å². The highest BCUT2D eigenvalue weighted by atomic mass is 32.2. The maximum Gasteiger partial charge on any atom is 0.161 e. The largest absolute Gasteiger partial charge is 0.235 e. The molecule has 1 aromatic heterocycles. The van der Waals surface area contributed by atoms with Gasteiger partial charge in [0.05, 0.1) is 11.4 Å². The molecule has 0 N–H and O–H groups in total. The van der Waals surface area contributed by atoms with Crippen molar-refractivity contribution < 1.29 is 0 Å². The molecule has 1 aromatic carbocycles. The van der Waals surface area contributed by atoms with E-state index in [4.69, 9.17) is 4.99 Å². The third-order valence-electron chi connectivity index (χ3n) is 3.21. The molecule has 21 heavy (non-hydrogen) atoms. The van der Waals surface area contributed by atoms with Crippen molar-refractivity contribution >= 4 is 33.6 Å². The lowest BCUT2D eigenvalue weighted by atomic mass is 10.2. The first-order chi connectivity index (χ1) is 10.4. The second-order valence-corrected chi connectivity index (χ2v) is 6.94. The molecule has 0 atom stereocenters. The maximum absolute atomic E-state index is 4.70. The lowest BCUT2D eigenvalue weighted by Crippen LogP contribution is -2.06. The van der Waals surface area contributed by atoms with Gasteiger partial charge in [0.2, 0.25) is 0 Å². The summed E-state index contributed by atoms with van der Waals surface area (Å²) >= 11 is 3.50. The Bertz CT molecular complexity index is 638. The fourth-order valence-corrected chi connectivity index (χ4v) is 4.02. The minimum atomic E-state index is 0.769. The van der Waals surface area contributed by atoms with Crippen LogP contribution in [0.3, 0.4) is 0 Å². The Hall–Kier alpha value is -1.34. The minimum absolute atomic E-state index is 0.769. The third-order valence-corrected chi connectivity index (χ3v) is 5.45. The summed E-state index contributed by atoms with van der Waals surface area (Å²) in [6.45, 7) is 3.06. The van der Waals surface area contributed by atoms with Crippen LogP contribution < -0.4 is 0 Å². The number of hydrogen-bond donors (Lipinski definition) is 0.